The van der Waals surface area contributed by atoms with E-state index in [2.05, 4.69) is 21.2 Å². The van der Waals surface area contributed by atoms with Gasteiger partial charge in [-0.3, -0.25) is 14.4 Å². The van der Waals surface area contributed by atoms with E-state index in [1.54, 1.807) is 43.3 Å². The van der Waals surface area contributed by atoms with E-state index >= 15 is 0 Å². The number of carbonyl (C=O) groups is 3. The maximum Gasteiger partial charge on any atom is 0.253 e. The molecule has 3 rings (SSSR count). The number of hydrogen-bond donors (Lipinski definition) is 1. The number of rotatable bonds is 4. The quantitative estimate of drug-likeness (QED) is 0.811. The van der Waals surface area contributed by atoms with Crippen molar-refractivity contribution >= 4 is 45.0 Å². The molecule has 2 aromatic carbocycles. The zero-order valence-corrected chi connectivity index (χ0v) is 16.7. The van der Waals surface area contributed by atoms with Gasteiger partial charge in [-0.2, -0.15) is 0 Å². The molecule has 0 radical (unpaired) electrons. The molecule has 0 saturated carbocycles. The summed E-state index contributed by atoms with van der Waals surface area (Å²) in [5.74, 6) is -0.871. The number of nitrogens with zero attached hydrogens (tertiary/aromatic N) is 2. The number of anilines is 2. The SMILES string of the molecule is CN(C)C(=O)c1cccc(NC(=O)C2CC(=O)N(c3ccc(Br)cc3)C2)c1. The lowest BCUT2D eigenvalue weighted by molar-refractivity contribution is -0.122. The number of amides is 3. The summed E-state index contributed by atoms with van der Waals surface area (Å²) in [6, 6.07) is 14.2. The first kappa shape index (κ1) is 19.1. The first-order valence-electron chi connectivity index (χ1n) is 8.53. The molecule has 1 saturated heterocycles. The van der Waals surface area contributed by atoms with Gasteiger partial charge in [-0.25, -0.2) is 0 Å². The molecule has 2 aromatic rings. The summed E-state index contributed by atoms with van der Waals surface area (Å²) in [4.78, 5) is 40.1. The summed E-state index contributed by atoms with van der Waals surface area (Å²) in [7, 11) is 3.35. The summed E-state index contributed by atoms with van der Waals surface area (Å²) in [5, 5.41) is 2.82. The van der Waals surface area contributed by atoms with Crippen molar-refractivity contribution in [1.29, 1.82) is 0 Å². The summed E-state index contributed by atoms with van der Waals surface area (Å²) in [6.07, 6.45) is 0.165. The molecule has 1 unspecified atom stereocenters. The van der Waals surface area contributed by atoms with Crippen LogP contribution in [0.1, 0.15) is 16.8 Å². The summed E-state index contributed by atoms with van der Waals surface area (Å²) in [5.41, 5.74) is 1.82. The molecule has 0 aliphatic carbocycles. The molecule has 0 aromatic heterocycles. The fourth-order valence-corrected chi connectivity index (χ4v) is 3.25. The minimum atomic E-state index is -0.436. The Kier molecular flexibility index (Phi) is 5.60. The van der Waals surface area contributed by atoms with Crippen molar-refractivity contribution in [2.45, 2.75) is 6.42 Å². The highest BCUT2D eigenvalue weighted by molar-refractivity contribution is 9.10. The van der Waals surface area contributed by atoms with Gasteiger partial charge in [0.25, 0.3) is 5.91 Å². The fourth-order valence-electron chi connectivity index (χ4n) is 2.99. The molecular weight excluding hydrogens is 410 g/mol. The average molecular weight is 430 g/mol. The highest BCUT2D eigenvalue weighted by Gasteiger charge is 2.35. The van der Waals surface area contributed by atoms with Gasteiger partial charge in [0.05, 0.1) is 5.92 Å². The van der Waals surface area contributed by atoms with Crippen molar-refractivity contribution < 1.29 is 14.4 Å². The van der Waals surface area contributed by atoms with Crippen molar-refractivity contribution in [3.63, 3.8) is 0 Å². The lowest BCUT2D eigenvalue weighted by atomic mass is 10.1. The van der Waals surface area contributed by atoms with E-state index in [0.29, 0.717) is 17.8 Å². The Bertz CT molecular complexity index is 880. The van der Waals surface area contributed by atoms with Crippen LogP contribution in [0, 0.1) is 5.92 Å². The molecule has 1 aliphatic rings. The predicted molar refractivity (Wildman–Crippen MR) is 108 cm³/mol. The number of benzene rings is 2. The highest BCUT2D eigenvalue weighted by Crippen LogP contribution is 2.27. The molecular formula is C20H20BrN3O3. The maximum atomic E-state index is 12.6. The Hall–Kier alpha value is -2.67. The predicted octanol–water partition coefficient (Wildman–Crippen LogP) is 3.14. The third kappa shape index (κ3) is 4.36. The van der Waals surface area contributed by atoms with Gasteiger partial charge in [-0.15, -0.1) is 0 Å². The Balaban J connectivity index is 1.69. The monoisotopic (exact) mass is 429 g/mol. The normalized spacial score (nSPS) is 16.3. The molecule has 1 N–H and O–H groups in total. The van der Waals surface area contributed by atoms with E-state index in [0.717, 1.165) is 10.2 Å². The van der Waals surface area contributed by atoms with Crippen LogP contribution in [0.5, 0.6) is 0 Å². The maximum absolute atomic E-state index is 12.6. The summed E-state index contributed by atoms with van der Waals surface area (Å²) >= 11 is 3.37. The molecule has 7 heteroatoms. The van der Waals surface area contributed by atoms with Crippen molar-refractivity contribution in [3.8, 4) is 0 Å². The Labute approximate surface area is 166 Å². The second-order valence-electron chi connectivity index (χ2n) is 6.65. The first-order chi connectivity index (χ1) is 12.8. The highest BCUT2D eigenvalue weighted by atomic mass is 79.9. The van der Waals surface area contributed by atoms with Gasteiger partial charge in [0.2, 0.25) is 11.8 Å². The van der Waals surface area contributed by atoms with Crippen molar-refractivity contribution in [2.75, 3.05) is 30.9 Å². The van der Waals surface area contributed by atoms with Crippen LogP contribution in [0.4, 0.5) is 11.4 Å². The summed E-state index contributed by atoms with van der Waals surface area (Å²) in [6.45, 7) is 0.336. The molecule has 140 valence electrons. The third-order valence-corrected chi connectivity index (χ3v) is 4.95. The molecule has 0 spiro atoms. The van der Waals surface area contributed by atoms with Gasteiger partial charge < -0.3 is 15.1 Å². The van der Waals surface area contributed by atoms with Gasteiger partial charge in [0, 0.05) is 48.5 Å². The van der Waals surface area contributed by atoms with Crippen molar-refractivity contribution in [2.24, 2.45) is 5.92 Å². The Morgan fingerprint density at radius 1 is 1.15 bits per heavy atom. The number of carbonyl (C=O) groups excluding carboxylic acids is 3. The van der Waals surface area contributed by atoms with Gasteiger partial charge in [-0.05, 0) is 42.5 Å². The zero-order valence-electron chi connectivity index (χ0n) is 15.1. The van der Waals surface area contributed by atoms with E-state index in [1.807, 2.05) is 24.3 Å². The van der Waals surface area contributed by atoms with E-state index in [-0.39, 0.29) is 24.1 Å². The average Bonchev–Trinajstić information content (AvgIpc) is 3.04. The zero-order chi connectivity index (χ0) is 19.6. The van der Waals surface area contributed by atoms with Gasteiger partial charge in [-0.1, -0.05) is 22.0 Å². The van der Waals surface area contributed by atoms with E-state index in [9.17, 15) is 14.4 Å². The molecule has 3 amide bonds. The van der Waals surface area contributed by atoms with Crippen LogP contribution in [-0.4, -0.2) is 43.3 Å². The molecule has 1 aliphatic heterocycles. The topological polar surface area (TPSA) is 69.7 Å². The Morgan fingerprint density at radius 2 is 1.85 bits per heavy atom. The van der Waals surface area contributed by atoms with Crippen LogP contribution in [-0.2, 0) is 9.59 Å². The standard InChI is InChI=1S/C20H20BrN3O3/c1-23(2)20(27)13-4-3-5-16(10-13)22-19(26)14-11-18(25)24(12-14)17-8-6-15(21)7-9-17/h3-10,14H,11-12H2,1-2H3,(H,22,26). The third-order valence-electron chi connectivity index (χ3n) is 4.42. The molecule has 0 bridgehead atoms. The fraction of sp³-hybridized carbons (Fsp3) is 0.250. The van der Waals surface area contributed by atoms with Crippen LogP contribution in [0.2, 0.25) is 0 Å². The molecule has 1 heterocycles. The van der Waals surface area contributed by atoms with Crippen LogP contribution >= 0.6 is 15.9 Å². The minimum absolute atomic E-state index is 0.0750. The van der Waals surface area contributed by atoms with Crippen LogP contribution < -0.4 is 10.2 Å². The van der Waals surface area contributed by atoms with Crippen LogP contribution in [0.3, 0.4) is 0 Å². The second-order valence-corrected chi connectivity index (χ2v) is 7.57. The first-order valence-corrected chi connectivity index (χ1v) is 9.33. The second kappa shape index (κ2) is 7.92. The lowest BCUT2D eigenvalue weighted by Gasteiger charge is -2.17. The molecule has 1 fully saturated rings. The summed E-state index contributed by atoms with van der Waals surface area (Å²) < 4.78 is 0.930. The smallest absolute Gasteiger partial charge is 0.253 e. The van der Waals surface area contributed by atoms with E-state index in [1.165, 1.54) is 4.90 Å². The van der Waals surface area contributed by atoms with E-state index in [4.69, 9.17) is 0 Å². The largest absolute Gasteiger partial charge is 0.345 e. The minimum Gasteiger partial charge on any atom is -0.345 e. The van der Waals surface area contributed by atoms with E-state index < -0.39 is 5.92 Å². The van der Waals surface area contributed by atoms with Crippen LogP contribution in [0.25, 0.3) is 0 Å². The number of hydrogen-bond acceptors (Lipinski definition) is 3. The van der Waals surface area contributed by atoms with Gasteiger partial charge in [0.15, 0.2) is 0 Å². The molecule has 6 nitrogen and oxygen atoms in total. The number of halogens is 1. The Morgan fingerprint density at radius 3 is 2.52 bits per heavy atom. The lowest BCUT2D eigenvalue weighted by Crippen LogP contribution is -2.28. The molecule has 1 atom stereocenters. The van der Waals surface area contributed by atoms with Crippen molar-refractivity contribution in [3.05, 3.63) is 58.6 Å². The number of nitrogens with one attached hydrogen (secondary N) is 1. The molecule has 27 heavy (non-hydrogen) atoms. The van der Waals surface area contributed by atoms with Gasteiger partial charge in [0.1, 0.15) is 0 Å². The van der Waals surface area contributed by atoms with Gasteiger partial charge >= 0.3 is 0 Å². The van der Waals surface area contributed by atoms with Crippen molar-refractivity contribution in [1.82, 2.24) is 4.90 Å². The van der Waals surface area contributed by atoms with Crippen LogP contribution in [0.15, 0.2) is 53.0 Å².